The van der Waals surface area contributed by atoms with E-state index in [1.807, 2.05) is 20.8 Å². The summed E-state index contributed by atoms with van der Waals surface area (Å²) in [5.74, 6) is -1.42. The Balaban J connectivity index is 2.18. The van der Waals surface area contributed by atoms with Gasteiger partial charge in [0.25, 0.3) is 0 Å². The first-order valence-electron chi connectivity index (χ1n) is 6.70. The summed E-state index contributed by atoms with van der Waals surface area (Å²) in [7, 11) is 0. The Kier molecular flexibility index (Phi) is 4.09. The second-order valence-electron chi connectivity index (χ2n) is 5.27. The molecule has 2 rings (SSSR count). The minimum Gasteiger partial charge on any atom is -0.478 e. The number of carbonyl (C=O) groups excluding carboxylic acids is 1. The maximum atomic E-state index is 12.4. The van der Waals surface area contributed by atoms with Crippen LogP contribution in [0.2, 0.25) is 0 Å². The number of benzene rings is 1. The molecule has 1 aliphatic heterocycles. The Morgan fingerprint density at radius 2 is 1.80 bits per heavy atom. The lowest BCUT2D eigenvalue weighted by atomic mass is 9.88. The summed E-state index contributed by atoms with van der Waals surface area (Å²) in [6, 6.07) is 6.39. The van der Waals surface area contributed by atoms with Crippen LogP contribution in [0.3, 0.4) is 0 Å². The van der Waals surface area contributed by atoms with Crippen molar-refractivity contribution >= 4 is 17.6 Å². The van der Waals surface area contributed by atoms with Crippen LogP contribution in [0.25, 0.3) is 0 Å². The molecule has 1 amide bonds. The number of carboxylic acid groups (broad SMARTS) is 1. The molecule has 4 atom stereocenters. The van der Waals surface area contributed by atoms with E-state index >= 15 is 0 Å². The van der Waals surface area contributed by atoms with Crippen molar-refractivity contribution in [3.05, 3.63) is 29.8 Å². The van der Waals surface area contributed by atoms with E-state index in [-0.39, 0.29) is 35.5 Å². The van der Waals surface area contributed by atoms with Gasteiger partial charge in [0.15, 0.2) is 0 Å². The lowest BCUT2D eigenvalue weighted by Gasteiger charge is -2.18. The molecule has 0 saturated carbocycles. The molecule has 0 aromatic heterocycles. The number of carbonyl (C=O) groups is 2. The lowest BCUT2D eigenvalue weighted by Crippen LogP contribution is -2.32. The molecule has 1 aliphatic rings. The van der Waals surface area contributed by atoms with E-state index in [0.29, 0.717) is 5.69 Å². The van der Waals surface area contributed by atoms with Crippen molar-refractivity contribution in [2.75, 3.05) is 5.32 Å². The molecule has 1 saturated heterocycles. The van der Waals surface area contributed by atoms with Crippen molar-refractivity contribution in [3.8, 4) is 0 Å². The largest absolute Gasteiger partial charge is 0.478 e. The number of carboxylic acids is 1. The van der Waals surface area contributed by atoms with Crippen LogP contribution >= 0.6 is 0 Å². The van der Waals surface area contributed by atoms with E-state index in [1.165, 1.54) is 6.07 Å². The van der Waals surface area contributed by atoms with Crippen molar-refractivity contribution in [2.45, 2.75) is 33.0 Å². The van der Waals surface area contributed by atoms with Crippen LogP contribution in [0.5, 0.6) is 0 Å². The molecule has 4 unspecified atom stereocenters. The zero-order valence-corrected chi connectivity index (χ0v) is 11.8. The molecule has 1 fully saturated rings. The van der Waals surface area contributed by atoms with E-state index in [0.717, 1.165) is 0 Å². The Bertz CT molecular complexity index is 528. The van der Waals surface area contributed by atoms with Gasteiger partial charge in [0.05, 0.1) is 29.4 Å². The molecule has 5 heteroatoms. The molecule has 1 heterocycles. The van der Waals surface area contributed by atoms with Gasteiger partial charge in [-0.1, -0.05) is 19.1 Å². The van der Waals surface area contributed by atoms with Gasteiger partial charge in [-0.2, -0.15) is 0 Å². The van der Waals surface area contributed by atoms with Crippen LogP contribution in [0, 0.1) is 11.8 Å². The fourth-order valence-corrected chi connectivity index (χ4v) is 2.71. The van der Waals surface area contributed by atoms with Crippen LogP contribution in [-0.4, -0.2) is 29.2 Å². The first-order chi connectivity index (χ1) is 9.41. The zero-order chi connectivity index (χ0) is 14.9. The lowest BCUT2D eigenvalue weighted by molar-refractivity contribution is -0.121. The topological polar surface area (TPSA) is 75.6 Å². The normalized spacial score (nSPS) is 29.1. The van der Waals surface area contributed by atoms with Gasteiger partial charge in [-0.05, 0) is 31.9 Å². The standard InChI is InChI=1S/C15H19NO4/c1-8-9(2)20-10(3)13(8)14(17)16-12-7-5-4-6-11(12)15(18)19/h4-10,13H,1-3H3,(H,16,17)(H,18,19). The second-order valence-corrected chi connectivity index (χ2v) is 5.27. The summed E-state index contributed by atoms with van der Waals surface area (Å²) in [5, 5.41) is 11.8. The summed E-state index contributed by atoms with van der Waals surface area (Å²) in [4.78, 5) is 23.5. The van der Waals surface area contributed by atoms with E-state index < -0.39 is 5.97 Å². The average molecular weight is 277 g/mol. The van der Waals surface area contributed by atoms with Crippen LogP contribution in [-0.2, 0) is 9.53 Å². The molecule has 20 heavy (non-hydrogen) atoms. The van der Waals surface area contributed by atoms with Gasteiger partial charge in [0.1, 0.15) is 0 Å². The molecule has 2 N–H and O–H groups in total. The molecule has 5 nitrogen and oxygen atoms in total. The third kappa shape index (κ3) is 2.67. The summed E-state index contributed by atoms with van der Waals surface area (Å²) in [6.45, 7) is 5.79. The number of rotatable bonds is 3. The zero-order valence-electron chi connectivity index (χ0n) is 11.8. The maximum Gasteiger partial charge on any atom is 0.337 e. The van der Waals surface area contributed by atoms with E-state index in [9.17, 15) is 9.59 Å². The minimum absolute atomic E-state index is 0.0236. The number of amides is 1. The number of hydrogen-bond acceptors (Lipinski definition) is 3. The molecule has 0 bridgehead atoms. The number of anilines is 1. The highest BCUT2D eigenvalue weighted by molar-refractivity contribution is 6.01. The summed E-state index contributed by atoms with van der Waals surface area (Å²) in [6.07, 6.45) is -0.146. The molecule has 1 aromatic rings. The highest BCUT2D eigenvalue weighted by Crippen LogP contribution is 2.33. The summed E-state index contributed by atoms with van der Waals surface area (Å²) < 4.78 is 5.65. The van der Waals surface area contributed by atoms with Crippen molar-refractivity contribution in [1.29, 1.82) is 0 Å². The van der Waals surface area contributed by atoms with Gasteiger partial charge >= 0.3 is 5.97 Å². The van der Waals surface area contributed by atoms with Crippen LogP contribution in [0.4, 0.5) is 5.69 Å². The predicted octanol–water partition coefficient (Wildman–Crippen LogP) is 2.38. The molecule has 0 aliphatic carbocycles. The molecule has 0 radical (unpaired) electrons. The Hall–Kier alpha value is -1.88. The van der Waals surface area contributed by atoms with Gasteiger partial charge in [0, 0.05) is 0 Å². The fraction of sp³-hybridized carbons (Fsp3) is 0.467. The number of para-hydroxylation sites is 1. The van der Waals surface area contributed by atoms with Crippen LogP contribution in [0.15, 0.2) is 24.3 Å². The monoisotopic (exact) mass is 277 g/mol. The minimum atomic E-state index is -1.06. The summed E-state index contributed by atoms with van der Waals surface area (Å²) in [5.41, 5.74) is 0.414. The van der Waals surface area contributed by atoms with E-state index in [2.05, 4.69) is 5.32 Å². The second kappa shape index (κ2) is 5.63. The van der Waals surface area contributed by atoms with E-state index in [1.54, 1.807) is 18.2 Å². The Labute approximate surface area is 117 Å². The van der Waals surface area contributed by atoms with Crippen molar-refractivity contribution in [1.82, 2.24) is 0 Å². The fourth-order valence-electron chi connectivity index (χ4n) is 2.71. The molecular weight excluding hydrogens is 258 g/mol. The van der Waals surface area contributed by atoms with Crippen molar-refractivity contribution < 1.29 is 19.4 Å². The summed E-state index contributed by atoms with van der Waals surface area (Å²) >= 11 is 0. The highest BCUT2D eigenvalue weighted by atomic mass is 16.5. The van der Waals surface area contributed by atoms with Gasteiger partial charge in [-0.25, -0.2) is 4.79 Å². The van der Waals surface area contributed by atoms with Gasteiger partial charge in [0.2, 0.25) is 5.91 Å². The number of aromatic carboxylic acids is 1. The molecule has 1 aromatic carbocycles. The van der Waals surface area contributed by atoms with Crippen molar-refractivity contribution in [2.24, 2.45) is 11.8 Å². The first kappa shape index (κ1) is 14.5. The highest BCUT2D eigenvalue weighted by Gasteiger charge is 2.41. The number of nitrogens with one attached hydrogen (secondary N) is 1. The smallest absolute Gasteiger partial charge is 0.337 e. The average Bonchev–Trinajstić information content (AvgIpc) is 2.63. The number of hydrogen-bond donors (Lipinski definition) is 2. The first-order valence-corrected chi connectivity index (χ1v) is 6.70. The SMILES string of the molecule is CC1OC(C)C(C(=O)Nc2ccccc2C(=O)O)C1C. The molecular formula is C15H19NO4. The Morgan fingerprint density at radius 1 is 1.15 bits per heavy atom. The van der Waals surface area contributed by atoms with Crippen LogP contribution < -0.4 is 5.32 Å². The van der Waals surface area contributed by atoms with Gasteiger partial charge < -0.3 is 15.2 Å². The maximum absolute atomic E-state index is 12.4. The third-order valence-corrected chi connectivity index (χ3v) is 3.96. The third-order valence-electron chi connectivity index (χ3n) is 3.96. The van der Waals surface area contributed by atoms with Gasteiger partial charge in [-0.15, -0.1) is 0 Å². The number of ether oxygens (including phenoxy) is 1. The molecule has 0 spiro atoms. The van der Waals surface area contributed by atoms with Crippen LogP contribution in [0.1, 0.15) is 31.1 Å². The Morgan fingerprint density at radius 3 is 2.35 bits per heavy atom. The van der Waals surface area contributed by atoms with Gasteiger partial charge in [-0.3, -0.25) is 4.79 Å². The van der Waals surface area contributed by atoms with Crippen molar-refractivity contribution in [3.63, 3.8) is 0 Å². The predicted molar refractivity (Wildman–Crippen MR) is 74.7 cm³/mol. The quantitative estimate of drug-likeness (QED) is 0.889. The molecule has 108 valence electrons. The van der Waals surface area contributed by atoms with E-state index in [4.69, 9.17) is 9.84 Å².